The predicted octanol–water partition coefficient (Wildman–Crippen LogP) is 3.55. The third kappa shape index (κ3) is 4.92. The van der Waals surface area contributed by atoms with E-state index in [-0.39, 0.29) is 0 Å². The van der Waals surface area contributed by atoms with Gasteiger partial charge in [-0.3, -0.25) is 14.8 Å². The van der Waals surface area contributed by atoms with Crippen LogP contribution in [0, 0.1) is 12.3 Å². The number of benzene rings is 1. The standard InChI is InChI=1S/C22H27N3/c1-3-19-7-9-20(10-8-19)16-24-15-5-6-22(18-24)25(4-2)17-21-11-13-23-14-12-21/h1,7-14,22H,4-6,15-18H2,2H3/t22-/m0/s1. The van der Waals surface area contributed by atoms with Crippen molar-refractivity contribution >= 4 is 0 Å². The molecule has 2 heterocycles. The summed E-state index contributed by atoms with van der Waals surface area (Å²) < 4.78 is 0. The molecule has 0 amide bonds. The molecule has 130 valence electrons. The summed E-state index contributed by atoms with van der Waals surface area (Å²) in [4.78, 5) is 9.30. The van der Waals surface area contributed by atoms with E-state index < -0.39 is 0 Å². The molecule has 0 unspecified atom stereocenters. The second-order valence-electron chi connectivity index (χ2n) is 6.79. The van der Waals surface area contributed by atoms with E-state index in [9.17, 15) is 0 Å². The van der Waals surface area contributed by atoms with E-state index >= 15 is 0 Å². The van der Waals surface area contributed by atoms with Crippen LogP contribution in [0.4, 0.5) is 0 Å². The molecule has 25 heavy (non-hydrogen) atoms. The van der Waals surface area contributed by atoms with Gasteiger partial charge in [0.05, 0.1) is 0 Å². The number of hydrogen-bond acceptors (Lipinski definition) is 3. The molecule has 0 N–H and O–H groups in total. The third-order valence-electron chi connectivity index (χ3n) is 5.07. The molecule has 3 rings (SSSR count). The highest BCUT2D eigenvalue weighted by atomic mass is 15.2. The summed E-state index contributed by atoms with van der Waals surface area (Å²) in [5.41, 5.74) is 3.64. The first kappa shape index (κ1) is 17.7. The molecule has 1 aromatic carbocycles. The van der Waals surface area contributed by atoms with Crippen molar-refractivity contribution < 1.29 is 0 Å². The fraction of sp³-hybridized carbons (Fsp3) is 0.409. The molecule has 1 aromatic heterocycles. The molecule has 0 bridgehead atoms. The first-order valence-corrected chi connectivity index (χ1v) is 9.19. The zero-order valence-electron chi connectivity index (χ0n) is 15.1. The minimum atomic E-state index is 0.622. The normalized spacial score (nSPS) is 18.2. The zero-order valence-corrected chi connectivity index (χ0v) is 15.1. The first-order valence-electron chi connectivity index (χ1n) is 9.19. The smallest absolute Gasteiger partial charge is 0.0271 e. The molecule has 1 aliphatic heterocycles. The van der Waals surface area contributed by atoms with Crippen LogP contribution in [-0.4, -0.2) is 40.5 Å². The molecule has 3 heteroatoms. The number of aromatic nitrogens is 1. The lowest BCUT2D eigenvalue weighted by atomic mass is 10.0. The summed E-state index contributed by atoms with van der Waals surface area (Å²) in [5.74, 6) is 2.69. The summed E-state index contributed by atoms with van der Waals surface area (Å²) in [5, 5.41) is 0. The zero-order chi connectivity index (χ0) is 17.5. The maximum Gasteiger partial charge on any atom is 0.0271 e. The second kappa shape index (κ2) is 8.80. The Balaban J connectivity index is 1.60. The number of piperidine rings is 1. The van der Waals surface area contributed by atoms with E-state index in [1.165, 1.54) is 30.5 Å². The van der Waals surface area contributed by atoms with Crippen LogP contribution in [0.1, 0.15) is 36.5 Å². The summed E-state index contributed by atoms with van der Waals surface area (Å²) in [6.07, 6.45) is 11.8. The highest BCUT2D eigenvalue weighted by Crippen LogP contribution is 2.20. The van der Waals surface area contributed by atoms with Gasteiger partial charge in [-0.25, -0.2) is 0 Å². The number of nitrogens with zero attached hydrogens (tertiary/aromatic N) is 3. The van der Waals surface area contributed by atoms with Crippen molar-refractivity contribution in [3.05, 3.63) is 65.5 Å². The van der Waals surface area contributed by atoms with Gasteiger partial charge in [-0.2, -0.15) is 0 Å². The van der Waals surface area contributed by atoms with Crippen LogP contribution in [0.2, 0.25) is 0 Å². The van der Waals surface area contributed by atoms with Crippen molar-refractivity contribution in [1.82, 2.24) is 14.8 Å². The Morgan fingerprint density at radius 3 is 2.60 bits per heavy atom. The Labute approximate surface area is 151 Å². The first-order chi connectivity index (χ1) is 12.3. The maximum atomic E-state index is 5.44. The van der Waals surface area contributed by atoms with Gasteiger partial charge in [0.2, 0.25) is 0 Å². The van der Waals surface area contributed by atoms with Crippen molar-refractivity contribution in [3.8, 4) is 12.3 Å². The average Bonchev–Trinajstić information content (AvgIpc) is 2.68. The highest BCUT2D eigenvalue weighted by molar-refractivity contribution is 5.34. The molecule has 0 aliphatic carbocycles. The van der Waals surface area contributed by atoms with Gasteiger partial charge in [-0.1, -0.05) is 25.0 Å². The number of terminal acetylenes is 1. The molecule has 0 radical (unpaired) electrons. The summed E-state index contributed by atoms with van der Waals surface area (Å²) >= 11 is 0. The van der Waals surface area contributed by atoms with Gasteiger partial charge >= 0.3 is 0 Å². The Morgan fingerprint density at radius 1 is 1.16 bits per heavy atom. The number of pyridine rings is 1. The fourth-order valence-corrected chi connectivity index (χ4v) is 3.66. The van der Waals surface area contributed by atoms with Crippen LogP contribution in [0.25, 0.3) is 0 Å². The van der Waals surface area contributed by atoms with E-state index in [1.54, 1.807) is 0 Å². The predicted molar refractivity (Wildman–Crippen MR) is 103 cm³/mol. The molecule has 0 spiro atoms. The molecule has 1 aliphatic rings. The van der Waals surface area contributed by atoms with Crippen molar-refractivity contribution in [3.63, 3.8) is 0 Å². The summed E-state index contributed by atoms with van der Waals surface area (Å²) in [6, 6.07) is 13.3. The van der Waals surface area contributed by atoms with Crippen molar-refractivity contribution in [1.29, 1.82) is 0 Å². The number of rotatable bonds is 6. The number of likely N-dealkylation sites (tertiary alicyclic amines) is 1. The van der Waals surface area contributed by atoms with Gasteiger partial charge in [-0.15, -0.1) is 6.42 Å². The molecular weight excluding hydrogens is 306 g/mol. The molecule has 0 saturated carbocycles. The van der Waals surface area contributed by atoms with E-state index in [0.717, 1.165) is 31.7 Å². The van der Waals surface area contributed by atoms with E-state index in [2.05, 4.69) is 51.9 Å². The van der Waals surface area contributed by atoms with Crippen LogP contribution in [0.3, 0.4) is 0 Å². The van der Waals surface area contributed by atoms with Crippen molar-refractivity contribution in [2.75, 3.05) is 19.6 Å². The lowest BCUT2D eigenvalue weighted by Crippen LogP contribution is -2.47. The molecule has 2 aromatic rings. The van der Waals surface area contributed by atoms with Crippen LogP contribution >= 0.6 is 0 Å². The van der Waals surface area contributed by atoms with Gasteiger partial charge in [0.25, 0.3) is 0 Å². The summed E-state index contributed by atoms with van der Waals surface area (Å²) in [7, 11) is 0. The molecular formula is C22H27N3. The Kier molecular flexibility index (Phi) is 6.22. The second-order valence-corrected chi connectivity index (χ2v) is 6.79. The molecule has 1 fully saturated rings. The van der Waals surface area contributed by atoms with Gasteiger partial charge < -0.3 is 0 Å². The van der Waals surface area contributed by atoms with Crippen LogP contribution in [0.5, 0.6) is 0 Å². The molecule has 3 nitrogen and oxygen atoms in total. The topological polar surface area (TPSA) is 19.4 Å². The lowest BCUT2D eigenvalue weighted by molar-refractivity contribution is 0.0917. The van der Waals surface area contributed by atoms with E-state index in [0.29, 0.717) is 6.04 Å². The number of hydrogen-bond donors (Lipinski definition) is 0. The highest BCUT2D eigenvalue weighted by Gasteiger charge is 2.24. The third-order valence-corrected chi connectivity index (χ3v) is 5.07. The minimum Gasteiger partial charge on any atom is -0.298 e. The number of likely N-dealkylation sites (N-methyl/N-ethyl adjacent to an activating group) is 1. The van der Waals surface area contributed by atoms with Crippen LogP contribution in [-0.2, 0) is 13.1 Å². The summed E-state index contributed by atoms with van der Waals surface area (Å²) in [6.45, 7) is 7.68. The van der Waals surface area contributed by atoms with Gasteiger partial charge in [-0.05, 0) is 61.3 Å². The fourth-order valence-electron chi connectivity index (χ4n) is 3.66. The largest absolute Gasteiger partial charge is 0.298 e. The monoisotopic (exact) mass is 333 g/mol. The van der Waals surface area contributed by atoms with Crippen molar-refractivity contribution in [2.45, 2.75) is 38.9 Å². The maximum absolute atomic E-state index is 5.44. The Bertz CT molecular complexity index is 687. The van der Waals surface area contributed by atoms with E-state index in [4.69, 9.17) is 6.42 Å². The Hall–Kier alpha value is -2.15. The average molecular weight is 333 g/mol. The lowest BCUT2D eigenvalue weighted by Gasteiger charge is -2.39. The molecule has 1 saturated heterocycles. The SMILES string of the molecule is C#Cc1ccc(CN2CCC[C@H](N(CC)Cc3ccncc3)C2)cc1. The molecule has 1 atom stereocenters. The van der Waals surface area contributed by atoms with Gasteiger partial charge in [0.1, 0.15) is 0 Å². The van der Waals surface area contributed by atoms with Crippen LogP contribution in [0.15, 0.2) is 48.8 Å². The van der Waals surface area contributed by atoms with Gasteiger partial charge in [0.15, 0.2) is 0 Å². The van der Waals surface area contributed by atoms with Gasteiger partial charge in [0, 0.05) is 43.6 Å². The van der Waals surface area contributed by atoms with E-state index in [1.807, 2.05) is 24.5 Å². The Morgan fingerprint density at radius 2 is 1.92 bits per heavy atom. The minimum absolute atomic E-state index is 0.622. The quantitative estimate of drug-likeness (QED) is 0.754. The van der Waals surface area contributed by atoms with Crippen LogP contribution < -0.4 is 0 Å². The van der Waals surface area contributed by atoms with Crippen molar-refractivity contribution in [2.24, 2.45) is 0 Å².